The second kappa shape index (κ2) is 10.9. The number of carboxylic acid groups (broad SMARTS) is 1. The van der Waals surface area contributed by atoms with Crippen LogP contribution >= 0.6 is 0 Å². The first-order valence-electron chi connectivity index (χ1n) is 13.2. The van der Waals surface area contributed by atoms with E-state index in [1.807, 2.05) is 0 Å². The van der Waals surface area contributed by atoms with Gasteiger partial charge in [0.05, 0.1) is 17.2 Å². The standard InChI is InChI=1S/C29H33F3N2O3/c30-29(31,32)26-14-20(10-12-24(26)21-5-2-1-3-6-21)18-37-33-27-8-4-7-22-11-9-19(13-25(22)27)15-34-16-23(17-34)28(35)36/h9-14,21,23H,1-8,15-18H2,(H,35,36). The number of rotatable bonds is 7. The van der Waals surface area contributed by atoms with E-state index in [-0.39, 0.29) is 18.4 Å². The SMILES string of the molecule is O=C(O)C1CN(Cc2ccc3c(c2)C(=NOCc2ccc(C4CCCCC4)c(C(F)(F)F)c2)CCC3)C1. The second-order valence-electron chi connectivity index (χ2n) is 10.6. The quantitative estimate of drug-likeness (QED) is 0.427. The summed E-state index contributed by atoms with van der Waals surface area (Å²) < 4.78 is 41.6. The van der Waals surface area contributed by atoms with Crippen LogP contribution in [0.3, 0.4) is 0 Å². The number of aryl methyl sites for hydroxylation is 1. The summed E-state index contributed by atoms with van der Waals surface area (Å²) in [5, 5.41) is 13.4. The molecule has 0 amide bonds. The van der Waals surface area contributed by atoms with Crippen LogP contribution < -0.4 is 0 Å². The van der Waals surface area contributed by atoms with Crippen LogP contribution in [-0.4, -0.2) is 34.8 Å². The summed E-state index contributed by atoms with van der Waals surface area (Å²) in [5.74, 6) is -1.07. The summed E-state index contributed by atoms with van der Waals surface area (Å²) in [6.07, 6.45) is 2.91. The number of fused-ring (bicyclic) bond motifs is 1. The Labute approximate surface area is 215 Å². The van der Waals surface area contributed by atoms with Crippen LogP contribution in [0.2, 0.25) is 0 Å². The lowest BCUT2D eigenvalue weighted by atomic mass is 9.81. The van der Waals surface area contributed by atoms with E-state index in [9.17, 15) is 18.0 Å². The molecular weight excluding hydrogens is 481 g/mol. The maximum atomic E-state index is 13.9. The van der Waals surface area contributed by atoms with Crippen LogP contribution in [0.15, 0.2) is 41.6 Å². The van der Waals surface area contributed by atoms with Gasteiger partial charge in [0.25, 0.3) is 0 Å². The fourth-order valence-electron chi connectivity index (χ4n) is 5.89. The first kappa shape index (κ1) is 25.8. The van der Waals surface area contributed by atoms with Gasteiger partial charge >= 0.3 is 12.1 Å². The van der Waals surface area contributed by atoms with Gasteiger partial charge in [0, 0.05) is 25.2 Å². The Morgan fingerprint density at radius 3 is 2.49 bits per heavy atom. The molecule has 0 radical (unpaired) electrons. The van der Waals surface area contributed by atoms with Crippen molar-refractivity contribution in [3.63, 3.8) is 0 Å². The Morgan fingerprint density at radius 1 is 1.00 bits per heavy atom. The zero-order chi connectivity index (χ0) is 26.0. The summed E-state index contributed by atoms with van der Waals surface area (Å²) in [6, 6.07) is 10.9. The van der Waals surface area contributed by atoms with E-state index in [0.29, 0.717) is 30.8 Å². The number of carbonyl (C=O) groups is 1. The van der Waals surface area contributed by atoms with Crippen LogP contribution in [0.4, 0.5) is 13.2 Å². The molecule has 2 aromatic rings. The number of likely N-dealkylation sites (tertiary alicyclic amines) is 1. The van der Waals surface area contributed by atoms with Crippen molar-refractivity contribution in [1.29, 1.82) is 0 Å². The van der Waals surface area contributed by atoms with Crippen LogP contribution in [-0.2, 0) is 35.4 Å². The molecule has 1 heterocycles. The number of alkyl halides is 3. The maximum Gasteiger partial charge on any atom is 0.416 e. The Hall–Kier alpha value is -2.87. The van der Waals surface area contributed by atoms with Crippen LogP contribution in [0.5, 0.6) is 0 Å². The van der Waals surface area contributed by atoms with Gasteiger partial charge in [-0.1, -0.05) is 48.7 Å². The van der Waals surface area contributed by atoms with E-state index < -0.39 is 17.7 Å². The predicted molar refractivity (Wildman–Crippen MR) is 134 cm³/mol. The van der Waals surface area contributed by atoms with E-state index in [2.05, 4.69) is 28.3 Å². The molecule has 1 aliphatic heterocycles. The highest BCUT2D eigenvalue weighted by atomic mass is 19.4. The third-order valence-corrected chi connectivity index (χ3v) is 7.93. The molecule has 8 heteroatoms. The van der Waals surface area contributed by atoms with Crippen molar-refractivity contribution in [2.45, 2.75) is 76.6 Å². The van der Waals surface area contributed by atoms with Crippen molar-refractivity contribution < 1.29 is 27.9 Å². The largest absolute Gasteiger partial charge is 0.481 e. The molecule has 0 atom stereocenters. The van der Waals surface area contributed by atoms with Crippen molar-refractivity contribution in [1.82, 2.24) is 4.90 Å². The maximum absolute atomic E-state index is 13.9. The molecule has 3 aliphatic rings. The van der Waals surface area contributed by atoms with Gasteiger partial charge in [0.1, 0.15) is 6.61 Å². The zero-order valence-electron chi connectivity index (χ0n) is 20.9. The highest BCUT2D eigenvalue weighted by Crippen LogP contribution is 2.41. The topological polar surface area (TPSA) is 62.1 Å². The van der Waals surface area contributed by atoms with Crippen molar-refractivity contribution in [2.24, 2.45) is 11.1 Å². The minimum absolute atomic E-state index is 0.0170. The lowest BCUT2D eigenvalue weighted by molar-refractivity contribution is -0.147. The van der Waals surface area contributed by atoms with Gasteiger partial charge in [-0.05, 0) is 72.4 Å². The van der Waals surface area contributed by atoms with Gasteiger partial charge in [-0.2, -0.15) is 13.2 Å². The van der Waals surface area contributed by atoms with Crippen LogP contribution in [0, 0.1) is 5.92 Å². The molecule has 5 nitrogen and oxygen atoms in total. The molecule has 0 unspecified atom stereocenters. The fourth-order valence-corrected chi connectivity index (χ4v) is 5.89. The molecule has 1 saturated carbocycles. The van der Waals surface area contributed by atoms with E-state index in [1.165, 1.54) is 11.6 Å². The summed E-state index contributed by atoms with van der Waals surface area (Å²) >= 11 is 0. The monoisotopic (exact) mass is 514 g/mol. The molecule has 37 heavy (non-hydrogen) atoms. The van der Waals surface area contributed by atoms with E-state index in [1.54, 1.807) is 12.1 Å². The van der Waals surface area contributed by atoms with Gasteiger partial charge in [-0.25, -0.2) is 0 Å². The van der Waals surface area contributed by atoms with Gasteiger partial charge in [0.15, 0.2) is 0 Å². The zero-order valence-corrected chi connectivity index (χ0v) is 20.9. The second-order valence-corrected chi connectivity index (χ2v) is 10.6. The molecule has 1 N–H and O–H groups in total. The summed E-state index contributed by atoms with van der Waals surface area (Å²) in [5.41, 5.74) is 4.43. The Balaban J connectivity index is 1.27. The normalized spacial score (nSPS) is 20.5. The Morgan fingerprint density at radius 2 is 1.76 bits per heavy atom. The molecule has 2 aromatic carbocycles. The van der Waals surface area contributed by atoms with Crippen molar-refractivity contribution in [3.8, 4) is 0 Å². The average Bonchev–Trinajstić information content (AvgIpc) is 2.86. The highest BCUT2D eigenvalue weighted by Gasteiger charge is 2.36. The minimum Gasteiger partial charge on any atom is -0.481 e. The third kappa shape index (κ3) is 6.00. The van der Waals surface area contributed by atoms with E-state index in [0.717, 1.165) is 68.2 Å². The van der Waals surface area contributed by atoms with Gasteiger partial charge < -0.3 is 9.94 Å². The van der Waals surface area contributed by atoms with Crippen molar-refractivity contribution >= 4 is 11.7 Å². The van der Waals surface area contributed by atoms with Gasteiger partial charge in [-0.15, -0.1) is 0 Å². The summed E-state index contributed by atoms with van der Waals surface area (Å²) in [7, 11) is 0. The molecule has 0 spiro atoms. The van der Waals surface area contributed by atoms with E-state index >= 15 is 0 Å². The Bertz CT molecular complexity index is 1170. The molecule has 0 bridgehead atoms. The first-order valence-corrected chi connectivity index (χ1v) is 13.2. The number of hydrogen-bond donors (Lipinski definition) is 1. The van der Waals surface area contributed by atoms with E-state index in [4.69, 9.17) is 9.94 Å². The van der Waals surface area contributed by atoms with Crippen LogP contribution in [0.25, 0.3) is 0 Å². The number of oxime groups is 1. The molecule has 0 aromatic heterocycles. The number of hydrogen-bond acceptors (Lipinski definition) is 4. The fraction of sp³-hybridized carbons (Fsp3) is 0.517. The molecule has 2 fully saturated rings. The van der Waals surface area contributed by atoms with Crippen LogP contribution in [0.1, 0.15) is 84.2 Å². The molecule has 1 saturated heterocycles. The number of aliphatic carboxylic acids is 1. The first-order chi connectivity index (χ1) is 17.8. The van der Waals surface area contributed by atoms with Gasteiger partial charge in [-0.3, -0.25) is 9.69 Å². The summed E-state index contributed by atoms with van der Waals surface area (Å²) in [6.45, 7) is 1.77. The number of carboxylic acids is 1. The molecule has 2 aliphatic carbocycles. The van der Waals surface area contributed by atoms with Gasteiger partial charge in [0.2, 0.25) is 0 Å². The van der Waals surface area contributed by atoms with Crippen molar-refractivity contribution in [2.75, 3.05) is 13.1 Å². The lowest BCUT2D eigenvalue weighted by Gasteiger charge is -2.36. The molecule has 5 rings (SSSR count). The Kier molecular flexibility index (Phi) is 7.56. The number of nitrogens with zero attached hydrogens (tertiary/aromatic N) is 2. The molecular formula is C29H33F3N2O3. The third-order valence-electron chi connectivity index (χ3n) is 7.93. The smallest absolute Gasteiger partial charge is 0.416 e. The summed E-state index contributed by atoms with van der Waals surface area (Å²) in [4.78, 5) is 18.8. The predicted octanol–water partition coefficient (Wildman–Crippen LogP) is 6.53. The highest BCUT2D eigenvalue weighted by molar-refractivity contribution is 6.02. The number of halogens is 3. The minimum atomic E-state index is -4.39. The van der Waals surface area contributed by atoms with Crippen molar-refractivity contribution in [3.05, 3.63) is 69.8 Å². The molecule has 198 valence electrons. The lowest BCUT2D eigenvalue weighted by Crippen LogP contribution is -2.49. The average molecular weight is 515 g/mol. The number of benzene rings is 2.